The number of aromatic nitrogens is 1. The quantitative estimate of drug-likeness (QED) is 0.795. The van der Waals surface area contributed by atoms with E-state index in [-0.39, 0.29) is 5.91 Å². The molecule has 1 aromatic rings. The average molecular weight is 247 g/mol. The standard InChI is InChI=1S/C14H21N3O/c1-11-10-12(4-7-15-11)14(18)17(3)13-5-8-16(2)9-6-13/h4,7,10,13H,5-6,8-9H2,1-3H3. The van der Waals surface area contributed by atoms with Crippen molar-refractivity contribution in [3.05, 3.63) is 29.6 Å². The minimum absolute atomic E-state index is 0.107. The third kappa shape index (κ3) is 2.88. The van der Waals surface area contributed by atoms with Gasteiger partial charge in [0.25, 0.3) is 5.91 Å². The molecule has 1 aliphatic rings. The first-order chi connectivity index (χ1) is 8.58. The number of hydrogen-bond donors (Lipinski definition) is 0. The van der Waals surface area contributed by atoms with Crippen LogP contribution in [0.15, 0.2) is 18.3 Å². The van der Waals surface area contributed by atoms with Crippen LogP contribution < -0.4 is 0 Å². The molecule has 18 heavy (non-hydrogen) atoms. The molecule has 1 aliphatic heterocycles. The smallest absolute Gasteiger partial charge is 0.253 e. The van der Waals surface area contributed by atoms with Gasteiger partial charge < -0.3 is 9.80 Å². The van der Waals surface area contributed by atoms with E-state index in [4.69, 9.17) is 0 Å². The van der Waals surface area contributed by atoms with Crippen LogP contribution in [-0.4, -0.2) is 53.9 Å². The van der Waals surface area contributed by atoms with Gasteiger partial charge in [0.1, 0.15) is 0 Å². The van der Waals surface area contributed by atoms with E-state index in [1.807, 2.05) is 24.9 Å². The summed E-state index contributed by atoms with van der Waals surface area (Å²) in [6.45, 7) is 4.04. The lowest BCUT2D eigenvalue weighted by molar-refractivity contribution is 0.0659. The van der Waals surface area contributed by atoms with Crippen LogP contribution >= 0.6 is 0 Å². The zero-order chi connectivity index (χ0) is 13.1. The normalized spacial score (nSPS) is 17.7. The van der Waals surface area contributed by atoms with E-state index < -0.39 is 0 Å². The number of rotatable bonds is 2. The molecule has 1 saturated heterocycles. The van der Waals surface area contributed by atoms with Gasteiger partial charge in [0, 0.05) is 30.5 Å². The zero-order valence-corrected chi connectivity index (χ0v) is 11.4. The Bertz CT molecular complexity index is 425. The molecule has 0 aliphatic carbocycles. The molecule has 0 unspecified atom stereocenters. The fourth-order valence-electron chi connectivity index (χ4n) is 2.43. The number of hydrogen-bond acceptors (Lipinski definition) is 3. The van der Waals surface area contributed by atoms with E-state index in [1.165, 1.54) is 0 Å². The van der Waals surface area contributed by atoms with Gasteiger partial charge in [0.05, 0.1) is 0 Å². The second kappa shape index (κ2) is 5.48. The summed E-state index contributed by atoms with van der Waals surface area (Å²) >= 11 is 0. The van der Waals surface area contributed by atoms with Gasteiger partial charge in [0.15, 0.2) is 0 Å². The maximum Gasteiger partial charge on any atom is 0.253 e. The Morgan fingerprint density at radius 3 is 2.72 bits per heavy atom. The van der Waals surface area contributed by atoms with Crippen molar-refractivity contribution in [2.24, 2.45) is 0 Å². The van der Waals surface area contributed by atoms with E-state index in [1.54, 1.807) is 12.3 Å². The Morgan fingerprint density at radius 1 is 1.44 bits per heavy atom. The molecule has 98 valence electrons. The zero-order valence-electron chi connectivity index (χ0n) is 11.4. The predicted molar refractivity (Wildman–Crippen MR) is 71.6 cm³/mol. The molecule has 0 bridgehead atoms. The highest BCUT2D eigenvalue weighted by Crippen LogP contribution is 2.16. The largest absolute Gasteiger partial charge is 0.339 e. The van der Waals surface area contributed by atoms with Crippen LogP contribution in [0.25, 0.3) is 0 Å². The van der Waals surface area contributed by atoms with E-state index in [9.17, 15) is 4.79 Å². The summed E-state index contributed by atoms with van der Waals surface area (Å²) in [6.07, 6.45) is 3.82. The van der Waals surface area contributed by atoms with Gasteiger partial charge in [-0.3, -0.25) is 9.78 Å². The first-order valence-electron chi connectivity index (χ1n) is 6.46. The van der Waals surface area contributed by atoms with Crippen LogP contribution in [0.3, 0.4) is 0 Å². The van der Waals surface area contributed by atoms with Crippen LogP contribution in [0, 0.1) is 6.92 Å². The molecule has 0 spiro atoms. The Kier molecular flexibility index (Phi) is 3.97. The van der Waals surface area contributed by atoms with Crippen molar-refractivity contribution in [3.8, 4) is 0 Å². The second-order valence-electron chi connectivity index (χ2n) is 5.14. The number of nitrogens with zero attached hydrogens (tertiary/aromatic N) is 3. The molecular formula is C14H21N3O. The summed E-state index contributed by atoms with van der Waals surface area (Å²) in [5, 5.41) is 0. The lowest BCUT2D eigenvalue weighted by atomic mass is 10.0. The van der Waals surface area contributed by atoms with E-state index in [0.717, 1.165) is 37.2 Å². The number of carbonyl (C=O) groups is 1. The molecule has 0 N–H and O–H groups in total. The number of likely N-dealkylation sites (tertiary alicyclic amines) is 1. The molecule has 1 aromatic heterocycles. The van der Waals surface area contributed by atoms with E-state index >= 15 is 0 Å². The van der Waals surface area contributed by atoms with Gasteiger partial charge in [-0.2, -0.15) is 0 Å². The van der Waals surface area contributed by atoms with Crippen LogP contribution in [0.2, 0.25) is 0 Å². The topological polar surface area (TPSA) is 36.4 Å². The van der Waals surface area contributed by atoms with Crippen molar-refractivity contribution >= 4 is 5.91 Å². The summed E-state index contributed by atoms with van der Waals surface area (Å²) in [5.41, 5.74) is 1.63. The Balaban J connectivity index is 2.04. The first-order valence-corrected chi connectivity index (χ1v) is 6.46. The minimum atomic E-state index is 0.107. The molecule has 0 atom stereocenters. The number of pyridine rings is 1. The highest BCUT2D eigenvalue weighted by molar-refractivity contribution is 5.94. The first kappa shape index (κ1) is 13.0. The van der Waals surface area contributed by atoms with Gasteiger partial charge in [-0.1, -0.05) is 0 Å². The molecule has 0 radical (unpaired) electrons. The lowest BCUT2D eigenvalue weighted by Gasteiger charge is -2.35. The summed E-state index contributed by atoms with van der Waals surface area (Å²) in [7, 11) is 4.04. The molecule has 0 saturated carbocycles. The van der Waals surface area contributed by atoms with Crippen molar-refractivity contribution in [1.82, 2.24) is 14.8 Å². The fraction of sp³-hybridized carbons (Fsp3) is 0.571. The monoisotopic (exact) mass is 247 g/mol. The molecule has 4 nitrogen and oxygen atoms in total. The fourth-order valence-corrected chi connectivity index (χ4v) is 2.43. The highest BCUT2D eigenvalue weighted by Gasteiger charge is 2.24. The summed E-state index contributed by atoms with van der Waals surface area (Å²) in [6, 6.07) is 4.01. The number of carbonyl (C=O) groups excluding carboxylic acids is 1. The Labute approximate surface area is 109 Å². The van der Waals surface area contributed by atoms with Crippen LogP contribution in [-0.2, 0) is 0 Å². The molecule has 1 fully saturated rings. The third-order valence-corrected chi connectivity index (χ3v) is 3.70. The van der Waals surface area contributed by atoms with Gasteiger partial charge in [-0.15, -0.1) is 0 Å². The summed E-state index contributed by atoms with van der Waals surface area (Å²) in [5.74, 6) is 0.107. The molecule has 0 aromatic carbocycles. The minimum Gasteiger partial charge on any atom is -0.339 e. The van der Waals surface area contributed by atoms with Crippen LogP contribution in [0.5, 0.6) is 0 Å². The highest BCUT2D eigenvalue weighted by atomic mass is 16.2. The van der Waals surface area contributed by atoms with Gasteiger partial charge in [-0.25, -0.2) is 0 Å². The Hall–Kier alpha value is -1.42. The third-order valence-electron chi connectivity index (χ3n) is 3.70. The van der Waals surface area contributed by atoms with E-state index in [0.29, 0.717) is 6.04 Å². The molecule has 1 amide bonds. The van der Waals surface area contributed by atoms with Gasteiger partial charge in [-0.05, 0) is 52.0 Å². The molecule has 2 rings (SSSR count). The van der Waals surface area contributed by atoms with Crippen molar-refractivity contribution < 1.29 is 4.79 Å². The van der Waals surface area contributed by atoms with Crippen molar-refractivity contribution in [2.75, 3.05) is 27.2 Å². The summed E-state index contributed by atoms with van der Waals surface area (Å²) in [4.78, 5) is 20.7. The number of amides is 1. The number of aryl methyl sites for hydroxylation is 1. The molecule has 2 heterocycles. The van der Waals surface area contributed by atoms with E-state index in [2.05, 4.69) is 16.9 Å². The SMILES string of the molecule is Cc1cc(C(=O)N(C)C2CCN(C)CC2)ccn1. The van der Waals surface area contributed by atoms with Crippen molar-refractivity contribution in [3.63, 3.8) is 0 Å². The Morgan fingerprint density at radius 2 is 2.11 bits per heavy atom. The lowest BCUT2D eigenvalue weighted by Crippen LogP contribution is -2.44. The average Bonchev–Trinajstić information content (AvgIpc) is 2.38. The van der Waals surface area contributed by atoms with Crippen LogP contribution in [0.4, 0.5) is 0 Å². The molecule has 4 heteroatoms. The maximum absolute atomic E-state index is 12.4. The van der Waals surface area contributed by atoms with Crippen molar-refractivity contribution in [1.29, 1.82) is 0 Å². The van der Waals surface area contributed by atoms with Crippen molar-refractivity contribution in [2.45, 2.75) is 25.8 Å². The van der Waals surface area contributed by atoms with Crippen LogP contribution in [0.1, 0.15) is 28.9 Å². The predicted octanol–water partition coefficient (Wildman–Crippen LogP) is 1.56. The van der Waals surface area contributed by atoms with Gasteiger partial charge >= 0.3 is 0 Å². The second-order valence-corrected chi connectivity index (χ2v) is 5.14. The summed E-state index contributed by atoms with van der Waals surface area (Å²) < 4.78 is 0. The maximum atomic E-state index is 12.4. The number of piperidine rings is 1. The molecular weight excluding hydrogens is 226 g/mol. The van der Waals surface area contributed by atoms with Gasteiger partial charge in [0.2, 0.25) is 0 Å².